The zero-order valence-electron chi connectivity index (χ0n) is 13.6. The van der Waals surface area contributed by atoms with E-state index in [1.165, 1.54) is 12.3 Å². The van der Waals surface area contributed by atoms with E-state index >= 15 is 0 Å². The number of hydrogen-bond donors (Lipinski definition) is 0. The SMILES string of the molecule is O=c1c(-c2ccc(OCC(F)(F)F)cc2)c(C(F)(F)F)nc2cc(Cl)ccn12. The average molecular weight is 423 g/mol. The Morgan fingerprint density at radius 1 is 1.04 bits per heavy atom. The van der Waals surface area contributed by atoms with Gasteiger partial charge < -0.3 is 4.74 Å². The molecule has 148 valence electrons. The van der Waals surface area contributed by atoms with Gasteiger partial charge in [0.1, 0.15) is 11.4 Å². The summed E-state index contributed by atoms with van der Waals surface area (Å²) in [5.41, 5.74) is -3.64. The minimum atomic E-state index is -4.95. The minimum Gasteiger partial charge on any atom is -0.484 e. The number of hydrogen-bond acceptors (Lipinski definition) is 3. The first-order valence-electron chi connectivity index (χ1n) is 7.55. The van der Waals surface area contributed by atoms with Crippen molar-refractivity contribution in [2.75, 3.05) is 6.61 Å². The third-order valence-corrected chi connectivity index (χ3v) is 3.84. The van der Waals surface area contributed by atoms with Crippen molar-refractivity contribution in [2.24, 2.45) is 0 Å². The van der Waals surface area contributed by atoms with Gasteiger partial charge in [0, 0.05) is 17.3 Å². The van der Waals surface area contributed by atoms with E-state index < -0.39 is 35.8 Å². The van der Waals surface area contributed by atoms with E-state index in [0.29, 0.717) is 0 Å². The number of rotatable bonds is 3. The quantitative estimate of drug-likeness (QED) is 0.559. The Balaban J connectivity index is 2.12. The van der Waals surface area contributed by atoms with Crippen LogP contribution < -0.4 is 10.3 Å². The normalized spacial score (nSPS) is 12.4. The van der Waals surface area contributed by atoms with Gasteiger partial charge in [0.2, 0.25) is 0 Å². The molecule has 0 atom stereocenters. The minimum absolute atomic E-state index is 0.0962. The van der Waals surface area contributed by atoms with Crippen LogP contribution in [0.25, 0.3) is 16.8 Å². The molecule has 0 radical (unpaired) electrons. The number of pyridine rings is 1. The molecule has 0 aliphatic rings. The van der Waals surface area contributed by atoms with Crippen LogP contribution in [0.1, 0.15) is 5.69 Å². The monoisotopic (exact) mass is 422 g/mol. The fourth-order valence-corrected chi connectivity index (χ4v) is 2.62. The van der Waals surface area contributed by atoms with E-state index in [4.69, 9.17) is 11.6 Å². The fraction of sp³-hybridized carbons (Fsp3) is 0.176. The van der Waals surface area contributed by atoms with Crippen LogP contribution in [0.15, 0.2) is 47.4 Å². The Morgan fingerprint density at radius 3 is 2.25 bits per heavy atom. The molecule has 3 aromatic rings. The molecule has 0 saturated carbocycles. The molecule has 0 amide bonds. The molecule has 0 aliphatic carbocycles. The standard InChI is InChI=1S/C17H9ClF6N2O2/c18-10-5-6-26-12(7-10)25-14(17(22,23)24)13(15(26)27)9-1-3-11(4-2-9)28-8-16(19,20)21/h1-7H,8H2. The van der Waals surface area contributed by atoms with Gasteiger partial charge in [-0.3, -0.25) is 9.20 Å². The van der Waals surface area contributed by atoms with Crippen molar-refractivity contribution < 1.29 is 31.1 Å². The molecule has 28 heavy (non-hydrogen) atoms. The first kappa shape index (κ1) is 20.0. The first-order valence-corrected chi connectivity index (χ1v) is 7.92. The molecule has 2 heterocycles. The summed E-state index contributed by atoms with van der Waals surface area (Å²) < 4.78 is 82.4. The van der Waals surface area contributed by atoms with Crippen LogP contribution in [0.2, 0.25) is 5.02 Å². The molecule has 0 unspecified atom stereocenters. The molecule has 1 aromatic carbocycles. The number of benzene rings is 1. The highest BCUT2D eigenvalue weighted by Crippen LogP contribution is 2.35. The van der Waals surface area contributed by atoms with Crippen LogP contribution in [0, 0.1) is 0 Å². The maximum atomic E-state index is 13.5. The smallest absolute Gasteiger partial charge is 0.434 e. The molecule has 2 aromatic heterocycles. The number of alkyl halides is 6. The van der Waals surface area contributed by atoms with Gasteiger partial charge in [-0.1, -0.05) is 23.7 Å². The lowest BCUT2D eigenvalue weighted by molar-refractivity contribution is -0.153. The summed E-state index contributed by atoms with van der Waals surface area (Å²) in [5.74, 6) is -0.213. The summed E-state index contributed by atoms with van der Waals surface area (Å²) in [6.45, 7) is -1.55. The van der Waals surface area contributed by atoms with E-state index in [2.05, 4.69) is 9.72 Å². The maximum Gasteiger partial charge on any atom is 0.434 e. The Bertz CT molecular complexity index is 1070. The zero-order valence-corrected chi connectivity index (χ0v) is 14.4. The Labute approximate surface area is 158 Å². The van der Waals surface area contributed by atoms with Crippen molar-refractivity contribution in [3.05, 3.63) is 63.7 Å². The van der Waals surface area contributed by atoms with Crippen LogP contribution >= 0.6 is 11.6 Å². The van der Waals surface area contributed by atoms with Crippen molar-refractivity contribution in [3.63, 3.8) is 0 Å². The maximum absolute atomic E-state index is 13.5. The summed E-state index contributed by atoms with van der Waals surface area (Å²) >= 11 is 5.74. The van der Waals surface area contributed by atoms with Gasteiger partial charge in [-0.05, 0) is 23.8 Å². The lowest BCUT2D eigenvalue weighted by Crippen LogP contribution is -2.24. The summed E-state index contributed by atoms with van der Waals surface area (Å²) in [6.07, 6.45) is -8.33. The van der Waals surface area contributed by atoms with Crippen LogP contribution in [0.3, 0.4) is 0 Å². The molecule has 0 N–H and O–H groups in total. The van der Waals surface area contributed by atoms with Gasteiger partial charge in [-0.2, -0.15) is 26.3 Å². The van der Waals surface area contributed by atoms with Crippen molar-refractivity contribution in [2.45, 2.75) is 12.4 Å². The molecular formula is C17H9ClF6N2O2. The van der Waals surface area contributed by atoms with E-state index in [1.807, 2.05) is 0 Å². The van der Waals surface area contributed by atoms with Crippen molar-refractivity contribution >= 4 is 17.2 Å². The number of nitrogens with zero attached hydrogens (tertiary/aromatic N) is 2. The molecular weight excluding hydrogens is 414 g/mol. The second-order valence-electron chi connectivity index (χ2n) is 5.64. The summed E-state index contributed by atoms with van der Waals surface area (Å²) in [7, 11) is 0. The number of halogens is 7. The molecule has 0 fully saturated rings. The summed E-state index contributed by atoms with van der Waals surface area (Å²) in [4.78, 5) is 16.2. The number of fused-ring (bicyclic) bond motifs is 1. The highest BCUT2D eigenvalue weighted by atomic mass is 35.5. The van der Waals surface area contributed by atoms with Gasteiger partial charge in [-0.25, -0.2) is 4.98 Å². The second kappa shape index (κ2) is 7.01. The molecule has 0 bridgehead atoms. The van der Waals surface area contributed by atoms with Gasteiger partial charge in [0.15, 0.2) is 12.3 Å². The van der Waals surface area contributed by atoms with Crippen LogP contribution in [0.5, 0.6) is 5.75 Å². The van der Waals surface area contributed by atoms with E-state index in [-0.39, 0.29) is 22.0 Å². The summed E-state index contributed by atoms with van der Waals surface area (Å²) in [5, 5.41) is 0.0962. The highest BCUT2D eigenvalue weighted by molar-refractivity contribution is 6.30. The lowest BCUT2D eigenvalue weighted by atomic mass is 10.0. The zero-order chi connectivity index (χ0) is 20.7. The highest BCUT2D eigenvalue weighted by Gasteiger charge is 2.38. The van der Waals surface area contributed by atoms with Crippen molar-refractivity contribution in [1.82, 2.24) is 9.38 Å². The van der Waals surface area contributed by atoms with Crippen LogP contribution in [0.4, 0.5) is 26.3 Å². The van der Waals surface area contributed by atoms with Crippen LogP contribution in [-0.4, -0.2) is 22.2 Å². The van der Waals surface area contributed by atoms with Gasteiger partial charge in [0.25, 0.3) is 5.56 Å². The predicted octanol–water partition coefficient (Wildman–Crippen LogP) is 4.97. The van der Waals surface area contributed by atoms with Crippen LogP contribution in [-0.2, 0) is 6.18 Å². The molecule has 4 nitrogen and oxygen atoms in total. The molecule has 0 saturated heterocycles. The second-order valence-corrected chi connectivity index (χ2v) is 6.08. The Morgan fingerprint density at radius 2 is 1.68 bits per heavy atom. The molecule has 0 spiro atoms. The average Bonchev–Trinajstić information content (AvgIpc) is 2.59. The van der Waals surface area contributed by atoms with Crippen molar-refractivity contribution in [1.29, 1.82) is 0 Å². The largest absolute Gasteiger partial charge is 0.484 e. The van der Waals surface area contributed by atoms with Gasteiger partial charge in [-0.15, -0.1) is 0 Å². The third kappa shape index (κ3) is 4.22. The van der Waals surface area contributed by atoms with E-state index in [0.717, 1.165) is 34.7 Å². The Hall–Kier alpha value is -2.75. The molecule has 3 rings (SSSR count). The predicted molar refractivity (Wildman–Crippen MR) is 88.5 cm³/mol. The molecule has 11 heteroatoms. The van der Waals surface area contributed by atoms with Crippen molar-refractivity contribution in [3.8, 4) is 16.9 Å². The van der Waals surface area contributed by atoms with E-state index in [9.17, 15) is 31.1 Å². The third-order valence-electron chi connectivity index (χ3n) is 3.61. The fourth-order valence-electron chi connectivity index (χ4n) is 2.46. The van der Waals surface area contributed by atoms with Gasteiger partial charge in [0.05, 0.1) is 5.56 Å². The topological polar surface area (TPSA) is 43.6 Å². The lowest BCUT2D eigenvalue weighted by Gasteiger charge is -2.14. The number of aromatic nitrogens is 2. The van der Waals surface area contributed by atoms with E-state index in [1.54, 1.807) is 0 Å². The van der Waals surface area contributed by atoms with Gasteiger partial charge >= 0.3 is 12.4 Å². The summed E-state index contributed by atoms with van der Waals surface area (Å²) in [6, 6.07) is 6.61. The molecule has 0 aliphatic heterocycles. The number of ether oxygens (including phenoxy) is 1. The Kier molecular flexibility index (Phi) is 5.00. The first-order chi connectivity index (χ1) is 13.0.